The van der Waals surface area contributed by atoms with Crippen molar-refractivity contribution in [3.05, 3.63) is 118 Å². The number of aromatic nitrogens is 2. The van der Waals surface area contributed by atoms with E-state index in [0.717, 1.165) is 55.2 Å². The van der Waals surface area contributed by atoms with Gasteiger partial charge in [-0.05, 0) is 148 Å². The summed E-state index contributed by atoms with van der Waals surface area (Å²) >= 11 is 11.9. The average Bonchev–Trinajstić information content (AvgIpc) is 3.86. The number of halogens is 4. The van der Waals surface area contributed by atoms with Crippen LogP contribution in [-0.2, 0) is 12.8 Å². The van der Waals surface area contributed by atoms with Gasteiger partial charge < -0.3 is 25.0 Å². The monoisotopic (exact) mass is 1010 g/mol. The smallest absolute Gasteiger partial charge is 0.162 e. The van der Waals surface area contributed by atoms with Crippen LogP contribution < -0.4 is 20.1 Å². The second-order valence-electron chi connectivity index (χ2n) is 22.0. The van der Waals surface area contributed by atoms with E-state index in [1.807, 2.05) is 12.1 Å². The molecule has 13 heteroatoms. The van der Waals surface area contributed by atoms with Crippen molar-refractivity contribution in [2.24, 2.45) is 11.3 Å². The van der Waals surface area contributed by atoms with Crippen LogP contribution in [-0.4, -0.2) is 95.8 Å². The average molecular weight is 1010 g/mol. The van der Waals surface area contributed by atoms with Gasteiger partial charge in [-0.15, -0.1) is 0 Å². The van der Waals surface area contributed by atoms with Gasteiger partial charge in [0.15, 0.2) is 11.5 Å². The van der Waals surface area contributed by atoms with Crippen LogP contribution in [0, 0.1) is 23.0 Å². The van der Waals surface area contributed by atoms with Crippen LogP contribution in [0.4, 0.5) is 31.7 Å². The van der Waals surface area contributed by atoms with Crippen LogP contribution in [0.1, 0.15) is 97.6 Å². The highest BCUT2D eigenvalue weighted by molar-refractivity contribution is 6.31. The van der Waals surface area contributed by atoms with Crippen LogP contribution in [0.3, 0.4) is 0 Å². The predicted molar refractivity (Wildman–Crippen MR) is 291 cm³/mol. The van der Waals surface area contributed by atoms with Gasteiger partial charge in [0.1, 0.15) is 23.8 Å². The lowest BCUT2D eigenvalue weighted by molar-refractivity contribution is 0.0234. The van der Waals surface area contributed by atoms with E-state index in [9.17, 15) is 8.78 Å². The van der Waals surface area contributed by atoms with E-state index in [1.165, 1.54) is 118 Å². The van der Waals surface area contributed by atoms with E-state index in [-0.39, 0.29) is 21.0 Å². The zero-order chi connectivity index (χ0) is 50.3. The predicted octanol–water partition coefficient (Wildman–Crippen LogP) is 14.5. The van der Waals surface area contributed by atoms with Gasteiger partial charge in [-0.3, -0.25) is 9.80 Å². The van der Waals surface area contributed by atoms with Crippen molar-refractivity contribution in [3.63, 3.8) is 0 Å². The molecule has 0 atom stereocenters. The van der Waals surface area contributed by atoms with Crippen molar-refractivity contribution >= 4 is 67.8 Å². The molecule has 71 heavy (non-hydrogen) atoms. The topological polar surface area (TPSA) is 78.0 Å². The first-order valence-corrected chi connectivity index (χ1v) is 26.4. The number of ether oxygens (including phenoxy) is 2. The molecule has 1 saturated carbocycles. The summed E-state index contributed by atoms with van der Waals surface area (Å²) in [5, 5.41) is 10.1. The molecule has 9 nitrogen and oxygen atoms in total. The zero-order valence-electron chi connectivity index (χ0n) is 42.8. The Balaban J connectivity index is 0.000000200. The molecule has 3 aliphatic rings. The summed E-state index contributed by atoms with van der Waals surface area (Å²) < 4.78 is 39.0. The third kappa shape index (κ3) is 14.0. The molecule has 3 heterocycles. The molecule has 5 aromatic carbocycles. The van der Waals surface area contributed by atoms with E-state index < -0.39 is 11.6 Å². The summed E-state index contributed by atoms with van der Waals surface area (Å²) in [6.45, 7) is 22.5. The Kier molecular flexibility index (Phi) is 17.3. The molecule has 1 aliphatic carbocycles. The number of nitrogens with zero attached hydrogens (tertiary/aromatic N) is 5. The number of methoxy groups -OCH3 is 1. The van der Waals surface area contributed by atoms with E-state index in [4.69, 9.17) is 32.7 Å². The Morgan fingerprint density at radius 1 is 0.704 bits per heavy atom. The molecule has 0 amide bonds. The molecule has 0 bridgehead atoms. The number of piperidine rings is 1. The minimum absolute atomic E-state index is 0.0437. The van der Waals surface area contributed by atoms with Crippen LogP contribution in [0.5, 0.6) is 11.5 Å². The van der Waals surface area contributed by atoms with Crippen LogP contribution in [0.2, 0.25) is 10.0 Å². The van der Waals surface area contributed by atoms with Gasteiger partial charge in [-0.25, -0.2) is 18.7 Å². The zero-order valence-corrected chi connectivity index (χ0v) is 44.3. The summed E-state index contributed by atoms with van der Waals surface area (Å²) in [6, 6.07) is 24.8. The highest BCUT2D eigenvalue weighted by atomic mass is 35.5. The number of rotatable bonds is 14. The largest absolute Gasteiger partial charge is 0.493 e. The third-order valence-electron chi connectivity index (χ3n) is 14.4. The van der Waals surface area contributed by atoms with Gasteiger partial charge >= 0.3 is 0 Å². The second kappa shape index (κ2) is 23.4. The summed E-state index contributed by atoms with van der Waals surface area (Å²) in [4.78, 5) is 16.7. The standard InChI is InChI=1S/C31H42ClFN6O2.C27H31ClFN/c1-31(2,3)39-15-13-38(14-16-39)23-8-11-37(12-9-23)10-5-17-41-29-19-24-27(20-28(29)40-4)34-21-35-30(24)36-22-6-7-26(33)25(32)18-22;1-27(2,3)17-21-15-23-19(14-20(21)13-18-7-4-5-8-18)9-6-10-26(23)30-22-11-12-25(29)24(28)16-22/h6-7,18-21,23H,5,8-17H2,1-4H3,(H,34,35,36);6,9-12,14-16,18,30H,4-5,7-8,13,17H2,1-3H3. The molecule has 1 aromatic heterocycles. The fraction of sp³-hybridized carbons (Fsp3) is 0.483. The van der Waals surface area contributed by atoms with Crippen LogP contribution in [0.25, 0.3) is 21.7 Å². The lowest BCUT2D eigenvalue weighted by Gasteiger charge is -2.46. The van der Waals surface area contributed by atoms with Gasteiger partial charge in [-0.2, -0.15) is 0 Å². The van der Waals surface area contributed by atoms with E-state index in [2.05, 4.69) is 107 Å². The number of anilines is 4. The molecular formula is C58H73Cl2F2N7O2. The summed E-state index contributed by atoms with van der Waals surface area (Å²) in [6.07, 6.45) is 12.6. The normalized spacial score (nSPS) is 16.8. The van der Waals surface area contributed by atoms with E-state index in [1.54, 1.807) is 25.3 Å². The highest BCUT2D eigenvalue weighted by Crippen LogP contribution is 2.38. The molecular weight excluding hydrogens is 936 g/mol. The number of hydrogen-bond donors (Lipinski definition) is 2. The Labute approximate surface area is 430 Å². The quantitative estimate of drug-likeness (QED) is 0.104. The number of benzene rings is 5. The summed E-state index contributed by atoms with van der Waals surface area (Å²) in [7, 11) is 1.63. The maximum atomic E-state index is 13.6. The summed E-state index contributed by atoms with van der Waals surface area (Å²) in [5.74, 6) is 1.80. The molecule has 3 fully saturated rings. The van der Waals surface area contributed by atoms with Crippen molar-refractivity contribution in [2.75, 3.05) is 70.2 Å². The highest BCUT2D eigenvalue weighted by Gasteiger charge is 2.31. The fourth-order valence-corrected chi connectivity index (χ4v) is 11.0. The van der Waals surface area contributed by atoms with Crippen LogP contribution >= 0.6 is 23.2 Å². The first-order valence-electron chi connectivity index (χ1n) is 25.7. The Morgan fingerprint density at radius 2 is 1.38 bits per heavy atom. The molecule has 0 radical (unpaired) electrons. The maximum absolute atomic E-state index is 13.6. The molecule has 2 N–H and O–H groups in total. The van der Waals surface area contributed by atoms with Gasteiger partial charge in [0, 0.05) is 78.2 Å². The van der Waals surface area contributed by atoms with Crippen molar-refractivity contribution in [1.29, 1.82) is 0 Å². The Morgan fingerprint density at radius 3 is 2.01 bits per heavy atom. The van der Waals surface area contributed by atoms with Gasteiger partial charge in [0.05, 0.1) is 29.3 Å². The van der Waals surface area contributed by atoms with Crippen molar-refractivity contribution < 1.29 is 18.3 Å². The number of piperazine rings is 1. The molecule has 6 aromatic rings. The Hall–Kier alpha value is -4.78. The second-order valence-corrected chi connectivity index (χ2v) is 22.8. The molecule has 2 saturated heterocycles. The molecule has 0 unspecified atom stereocenters. The first kappa shape index (κ1) is 52.5. The van der Waals surface area contributed by atoms with Gasteiger partial charge in [0.25, 0.3) is 0 Å². The molecule has 0 spiro atoms. The fourth-order valence-electron chi connectivity index (χ4n) is 10.6. The number of nitrogens with one attached hydrogen (secondary N) is 2. The van der Waals surface area contributed by atoms with Crippen molar-refractivity contribution in [1.82, 2.24) is 24.7 Å². The van der Waals surface area contributed by atoms with Gasteiger partial charge in [0.2, 0.25) is 0 Å². The SMILES string of the molecule is CC(C)(C)Cc1cc2c(Nc3ccc(F)c(Cl)c3)cccc2cc1CC1CCCC1.COc1cc2ncnc(Nc3ccc(F)c(Cl)c3)c2cc1OCCCN1CCC(N2CCN(C(C)(C)C)CC2)CC1. The third-order valence-corrected chi connectivity index (χ3v) is 15.0. The summed E-state index contributed by atoms with van der Waals surface area (Å²) in [5.41, 5.74) is 6.61. The van der Waals surface area contributed by atoms with Gasteiger partial charge in [-0.1, -0.05) is 87.9 Å². The minimum atomic E-state index is -0.468. The lowest BCUT2D eigenvalue weighted by Crippen LogP contribution is -2.57. The Bertz CT molecular complexity index is 2740. The van der Waals surface area contributed by atoms with Crippen LogP contribution in [0.15, 0.2) is 85.2 Å². The first-order chi connectivity index (χ1) is 34.0. The van der Waals surface area contributed by atoms with Crippen molar-refractivity contribution in [2.45, 2.75) is 111 Å². The van der Waals surface area contributed by atoms with E-state index in [0.29, 0.717) is 41.2 Å². The molecule has 2 aliphatic heterocycles. The lowest BCUT2D eigenvalue weighted by atomic mass is 9.83. The maximum Gasteiger partial charge on any atom is 0.162 e. The number of fused-ring (bicyclic) bond motifs is 2. The molecule has 9 rings (SSSR count). The molecule has 380 valence electrons. The van der Waals surface area contributed by atoms with E-state index >= 15 is 0 Å². The number of likely N-dealkylation sites (tertiary alicyclic amines) is 1. The number of hydrogen-bond acceptors (Lipinski definition) is 9. The van der Waals surface area contributed by atoms with Crippen molar-refractivity contribution in [3.8, 4) is 11.5 Å². The minimum Gasteiger partial charge on any atom is -0.493 e.